The first-order valence-corrected chi connectivity index (χ1v) is 8.95. The number of aliphatic carboxylic acids is 1. The maximum Gasteiger partial charge on any atom is 0.344 e. The third-order valence-corrected chi connectivity index (χ3v) is 4.37. The average molecular weight is 414 g/mol. The highest BCUT2D eigenvalue weighted by Crippen LogP contribution is 2.30. The van der Waals surface area contributed by atoms with E-state index in [0.29, 0.717) is 11.1 Å². The molecule has 2 N–H and O–H groups in total. The molecule has 1 fully saturated rings. The first-order chi connectivity index (χ1) is 14.3. The van der Waals surface area contributed by atoms with Crippen LogP contribution in [0, 0.1) is 5.82 Å². The lowest BCUT2D eigenvalue weighted by molar-refractivity contribution is -0.144. The molecule has 1 unspecified atom stereocenters. The number of carbonyl (C=O) groups is 3. The zero-order valence-corrected chi connectivity index (χ0v) is 16.2. The fourth-order valence-electron chi connectivity index (χ4n) is 2.77. The van der Waals surface area contributed by atoms with Crippen molar-refractivity contribution in [1.29, 1.82) is 0 Å². The topological polar surface area (TPSA) is 105 Å². The summed E-state index contributed by atoms with van der Waals surface area (Å²) in [5.41, 5.74) is 1.21. The van der Waals surface area contributed by atoms with Gasteiger partial charge in [0.05, 0.1) is 13.7 Å². The lowest BCUT2D eigenvalue weighted by atomic mass is 10.1. The Balaban J connectivity index is 1.79. The number of hydrogen-bond donors (Lipinski definition) is 2. The lowest BCUT2D eigenvalue weighted by Gasteiger charge is -2.14. The number of urea groups is 1. The number of amides is 3. The third kappa shape index (κ3) is 4.57. The lowest BCUT2D eigenvalue weighted by Crippen LogP contribution is -2.30. The number of benzene rings is 2. The van der Waals surface area contributed by atoms with Gasteiger partial charge in [-0.25, -0.2) is 14.0 Å². The number of hydrogen-bond acceptors (Lipinski definition) is 5. The average Bonchev–Trinajstić information content (AvgIpc) is 2.97. The molecule has 0 aromatic heterocycles. The van der Waals surface area contributed by atoms with E-state index < -0.39 is 29.8 Å². The number of nitrogens with zero attached hydrogens (tertiary/aromatic N) is 1. The van der Waals surface area contributed by atoms with Crippen molar-refractivity contribution in [2.24, 2.45) is 0 Å². The van der Waals surface area contributed by atoms with Gasteiger partial charge in [0.15, 0.2) is 17.6 Å². The monoisotopic (exact) mass is 414 g/mol. The van der Waals surface area contributed by atoms with Crippen molar-refractivity contribution in [1.82, 2.24) is 10.2 Å². The van der Waals surface area contributed by atoms with E-state index in [9.17, 15) is 18.8 Å². The zero-order chi connectivity index (χ0) is 21.8. The van der Waals surface area contributed by atoms with E-state index in [1.54, 1.807) is 12.1 Å². The molecule has 1 aliphatic heterocycles. The first kappa shape index (κ1) is 20.8. The molecule has 9 heteroatoms. The number of imide groups is 1. The maximum atomic E-state index is 13.0. The summed E-state index contributed by atoms with van der Waals surface area (Å²) in [5, 5.41) is 11.5. The van der Waals surface area contributed by atoms with Crippen molar-refractivity contribution in [2.75, 3.05) is 7.11 Å². The predicted molar refractivity (Wildman–Crippen MR) is 104 cm³/mol. The van der Waals surface area contributed by atoms with E-state index in [1.807, 2.05) is 0 Å². The summed E-state index contributed by atoms with van der Waals surface area (Å²) in [6.45, 7) is 1.39. The molecule has 1 aliphatic rings. The molecule has 1 atom stereocenters. The quantitative estimate of drug-likeness (QED) is 0.533. The van der Waals surface area contributed by atoms with Crippen LogP contribution >= 0.6 is 0 Å². The van der Waals surface area contributed by atoms with Crippen molar-refractivity contribution in [3.8, 4) is 11.5 Å². The number of ether oxygens (including phenoxy) is 2. The van der Waals surface area contributed by atoms with Gasteiger partial charge in [0.25, 0.3) is 5.91 Å². The van der Waals surface area contributed by atoms with E-state index in [-0.39, 0.29) is 23.7 Å². The fourth-order valence-corrected chi connectivity index (χ4v) is 2.77. The second-order valence-electron chi connectivity index (χ2n) is 6.51. The number of rotatable bonds is 7. The van der Waals surface area contributed by atoms with Gasteiger partial charge in [0.2, 0.25) is 0 Å². The molecule has 156 valence electrons. The van der Waals surface area contributed by atoms with Crippen LogP contribution in [0.25, 0.3) is 6.08 Å². The molecule has 2 aromatic carbocycles. The van der Waals surface area contributed by atoms with Crippen molar-refractivity contribution < 1.29 is 33.4 Å². The summed E-state index contributed by atoms with van der Waals surface area (Å²) in [6, 6.07) is 9.59. The maximum absolute atomic E-state index is 13.0. The Morgan fingerprint density at radius 1 is 1.20 bits per heavy atom. The second-order valence-corrected chi connectivity index (χ2v) is 6.51. The Labute approximate surface area is 171 Å². The largest absolute Gasteiger partial charge is 0.493 e. The van der Waals surface area contributed by atoms with Crippen LogP contribution in [0.5, 0.6) is 11.5 Å². The van der Waals surface area contributed by atoms with Crippen LogP contribution in [-0.4, -0.2) is 41.1 Å². The molecule has 30 heavy (non-hydrogen) atoms. The Morgan fingerprint density at radius 3 is 2.53 bits per heavy atom. The summed E-state index contributed by atoms with van der Waals surface area (Å²) in [5.74, 6) is -1.55. The number of halogens is 1. The number of nitrogens with one attached hydrogen (secondary N) is 1. The Hall–Kier alpha value is -3.88. The number of carboxylic acids is 1. The minimum atomic E-state index is -1.12. The van der Waals surface area contributed by atoms with Crippen LogP contribution in [-0.2, 0) is 16.1 Å². The summed E-state index contributed by atoms with van der Waals surface area (Å²) < 4.78 is 23.6. The van der Waals surface area contributed by atoms with Gasteiger partial charge < -0.3 is 19.9 Å². The summed E-state index contributed by atoms with van der Waals surface area (Å²) in [6.07, 6.45) is 0.400. The molecule has 1 heterocycles. The third-order valence-electron chi connectivity index (χ3n) is 4.37. The van der Waals surface area contributed by atoms with Crippen molar-refractivity contribution in [2.45, 2.75) is 19.6 Å². The Bertz CT molecular complexity index is 1020. The van der Waals surface area contributed by atoms with Crippen molar-refractivity contribution >= 4 is 24.0 Å². The molecule has 3 rings (SSSR count). The molecule has 0 bridgehead atoms. The minimum Gasteiger partial charge on any atom is -0.493 e. The number of carbonyl (C=O) groups excluding carboxylic acids is 2. The van der Waals surface area contributed by atoms with Gasteiger partial charge in [0.1, 0.15) is 11.5 Å². The van der Waals surface area contributed by atoms with Crippen molar-refractivity contribution in [3.05, 3.63) is 65.1 Å². The molecule has 0 spiro atoms. The highest BCUT2D eigenvalue weighted by Gasteiger charge is 2.33. The standard InChI is InChI=1S/C21H19FN2O6/c1-12(20(26)27)30-17-8-5-14(10-18(17)29-2)9-16-19(25)24(21(28)23-16)11-13-3-6-15(22)7-4-13/h3-10,12H,11H2,1-2H3,(H,23,28)(H,26,27)/b16-9-. The SMILES string of the molecule is COc1cc(/C=C2\NC(=O)N(Cc3ccc(F)cc3)C2=O)ccc1OC(C)C(=O)O. The summed E-state index contributed by atoms with van der Waals surface area (Å²) in [4.78, 5) is 36.8. The molecule has 0 saturated carbocycles. The molecular formula is C21H19FN2O6. The number of methoxy groups -OCH3 is 1. The second kappa shape index (κ2) is 8.64. The van der Waals surface area contributed by atoms with Crippen LogP contribution in [0.1, 0.15) is 18.1 Å². The summed E-state index contributed by atoms with van der Waals surface area (Å²) >= 11 is 0. The van der Waals surface area contributed by atoms with E-state index >= 15 is 0 Å². The van der Waals surface area contributed by atoms with E-state index in [0.717, 1.165) is 4.90 Å². The highest BCUT2D eigenvalue weighted by atomic mass is 19.1. The van der Waals surface area contributed by atoms with Gasteiger partial charge in [-0.05, 0) is 48.4 Å². The Kier molecular flexibility index (Phi) is 6.01. The van der Waals surface area contributed by atoms with Crippen LogP contribution in [0.15, 0.2) is 48.2 Å². The van der Waals surface area contributed by atoms with Gasteiger partial charge in [-0.1, -0.05) is 18.2 Å². The predicted octanol–water partition coefficient (Wildman–Crippen LogP) is 2.78. The molecule has 8 nitrogen and oxygen atoms in total. The van der Waals surface area contributed by atoms with Crippen LogP contribution < -0.4 is 14.8 Å². The van der Waals surface area contributed by atoms with Gasteiger partial charge in [-0.3, -0.25) is 9.69 Å². The van der Waals surface area contributed by atoms with Crippen molar-refractivity contribution in [3.63, 3.8) is 0 Å². The first-order valence-electron chi connectivity index (χ1n) is 8.95. The van der Waals surface area contributed by atoms with Gasteiger partial charge in [-0.2, -0.15) is 0 Å². The van der Waals surface area contributed by atoms with Gasteiger partial charge >= 0.3 is 12.0 Å². The van der Waals surface area contributed by atoms with E-state index in [1.165, 1.54) is 50.4 Å². The van der Waals surface area contributed by atoms with Crippen LogP contribution in [0.3, 0.4) is 0 Å². The van der Waals surface area contributed by atoms with Crippen LogP contribution in [0.4, 0.5) is 9.18 Å². The van der Waals surface area contributed by atoms with Crippen LogP contribution in [0.2, 0.25) is 0 Å². The number of carboxylic acid groups (broad SMARTS) is 1. The normalized spacial score (nSPS) is 15.8. The van der Waals surface area contributed by atoms with E-state index in [4.69, 9.17) is 14.6 Å². The molecule has 0 aliphatic carbocycles. The molecule has 0 radical (unpaired) electrons. The van der Waals surface area contributed by atoms with E-state index in [2.05, 4.69) is 5.32 Å². The molecule has 1 saturated heterocycles. The molecular weight excluding hydrogens is 395 g/mol. The van der Waals surface area contributed by atoms with Gasteiger partial charge in [0, 0.05) is 0 Å². The molecule has 3 amide bonds. The highest BCUT2D eigenvalue weighted by molar-refractivity contribution is 6.13. The minimum absolute atomic E-state index is 0.00542. The zero-order valence-electron chi connectivity index (χ0n) is 16.2. The van der Waals surface area contributed by atoms with Gasteiger partial charge in [-0.15, -0.1) is 0 Å². The fraction of sp³-hybridized carbons (Fsp3) is 0.190. The molecule has 2 aromatic rings. The smallest absolute Gasteiger partial charge is 0.344 e. The Morgan fingerprint density at radius 2 is 1.90 bits per heavy atom. The summed E-state index contributed by atoms with van der Waals surface area (Å²) in [7, 11) is 1.40.